The van der Waals surface area contributed by atoms with Crippen molar-refractivity contribution in [3.8, 4) is 33.4 Å². The molecular formula is C25H17Cl2Hf. The standard InChI is InChI=1S/C25H17.2ClH.Hf/c1-3-7-18(8-4-1)20-11-13-24-22(15-20)17-23-16-21(12-14-25(23)24)19-9-5-2-6-10-19;;;/h1-17H;2*1H;/q;;;+2/p-2. The van der Waals surface area contributed by atoms with Crippen LogP contribution in [0.3, 0.4) is 0 Å². The molecule has 4 aromatic rings. The van der Waals surface area contributed by atoms with Crippen LogP contribution in [0.15, 0.2) is 97.1 Å². The van der Waals surface area contributed by atoms with Crippen LogP contribution in [-0.4, -0.2) is 0 Å². The molecule has 0 aliphatic heterocycles. The van der Waals surface area contributed by atoms with Gasteiger partial charge in [-0.1, -0.05) is 84.9 Å². The molecule has 135 valence electrons. The Hall–Kier alpha value is -1.67. The van der Waals surface area contributed by atoms with Crippen LogP contribution >= 0.6 is 17.2 Å². The van der Waals surface area contributed by atoms with Gasteiger partial charge in [-0.15, -0.1) is 0 Å². The first-order valence-corrected chi connectivity index (χ1v) is 17.9. The van der Waals surface area contributed by atoms with E-state index in [0.717, 1.165) is 0 Å². The summed E-state index contributed by atoms with van der Waals surface area (Å²) in [7, 11) is 9.92. The third-order valence-electron chi connectivity index (χ3n) is 4.92. The summed E-state index contributed by atoms with van der Waals surface area (Å²) in [5, 5.41) is 0. The summed E-state index contributed by atoms with van der Waals surface area (Å²) in [4.78, 5) is 0. The van der Waals surface area contributed by atoms with E-state index < -0.39 is 20.5 Å². The Kier molecular flexibility index (Phi) is 6.47. The van der Waals surface area contributed by atoms with Gasteiger partial charge in [0.2, 0.25) is 0 Å². The third-order valence-corrected chi connectivity index (χ3v) is 4.92. The zero-order valence-corrected chi connectivity index (χ0v) is 20.2. The van der Waals surface area contributed by atoms with Crippen molar-refractivity contribution in [2.45, 2.75) is 0 Å². The van der Waals surface area contributed by atoms with Gasteiger partial charge in [0.05, 0.1) is 0 Å². The summed E-state index contributed by atoms with van der Waals surface area (Å²) in [6.07, 6.45) is 2.31. The van der Waals surface area contributed by atoms with Crippen molar-refractivity contribution in [1.82, 2.24) is 0 Å². The predicted molar refractivity (Wildman–Crippen MR) is 117 cm³/mol. The second-order valence-corrected chi connectivity index (χ2v) is 11.7. The van der Waals surface area contributed by atoms with Gasteiger partial charge in [0.1, 0.15) is 0 Å². The molecule has 0 amide bonds. The van der Waals surface area contributed by atoms with Crippen molar-refractivity contribution in [2.24, 2.45) is 0 Å². The van der Waals surface area contributed by atoms with Gasteiger partial charge in [-0.3, -0.25) is 0 Å². The molecule has 0 atom stereocenters. The van der Waals surface area contributed by atoms with Crippen LogP contribution in [0.25, 0.3) is 33.4 Å². The van der Waals surface area contributed by atoms with E-state index in [1.807, 2.05) is 0 Å². The molecule has 1 aliphatic carbocycles. The molecule has 0 aromatic heterocycles. The predicted octanol–water partition coefficient (Wildman–Crippen LogP) is 7.98. The van der Waals surface area contributed by atoms with E-state index in [2.05, 4.69) is 103 Å². The van der Waals surface area contributed by atoms with Crippen molar-refractivity contribution < 1.29 is 20.5 Å². The van der Waals surface area contributed by atoms with E-state index in [4.69, 9.17) is 17.2 Å². The quantitative estimate of drug-likeness (QED) is 0.190. The molecular weight excluding hydrogens is 550 g/mol. The number of halogens is 2. The number of rotatable bonds is 2. The SMILES string of the molecule is [CH]1c2cc(-c3ccccc3)ccc2-c2ccc(-c3ccccc3)cc21.[Cl][Hf][Cl]. The number of hydrogen-bond acceptors (Lipinski definition) is 0. The van der Waals surface area contributed by atoms with Crippen molar-refractivity contribution in [3.05, 3.63) is 115 Å². The van der Waals surface area contributed by atoms with Crippen molar-refractivity contribution >= 4 is 17.2 Å². The first-order valence-electron chi connectivity index (χ1n) is 9.00. The number of fused-ring (bicyclic) bond motifs is 3. The minimum absolute atomic E-state index is 0.972. The van der Waals surface area contributed by atoms with Gasteiger partial charge in [-0.05, 0) is 56.6 Å². The van der Waals surface area contributed by atoms with Gasteiger partial charge in [-0.25, -0.2) is 0 Å². The molecule has 0 saturated heterocycles. The molecule has 0 unspecified atom stereocenters. The molecule has 0 N–H and O–H groups in total. The Labute approximate surface area is 184 Å². The Morgan fingerprint density at radius 3 is 1.25 bits per heavy atom. The maximum absolute atomic E-state index is 4.96. The van der Waals surface area contributed by atoms with Crippen LogP contribution in [0, 0.1) is 6.42 Å². The first kappa shape index (κ1) is 19.6. The zero-order valence-electron chi connectivity index (χ0n) is 15.1. The molecule has 0 saturated carbocycles. The third kappa shape index (κ3) is 4.17. The van der Waals surface area contributed by atoms with E-state index in [0.29, 0.717) is 0 Å². The van der Waals surface area contributed by atoms with Crippen LogP contribution < -0.4 is 0 Å². The second kappa shape index (κ2) is 9.22. The first-order chi connectivity index (χ1) is 13.8. The fourth-order valence-electron chi connectivity index (χ4n) is 3.64. The molecule has 3 heteroatoms. The molecule has 0 bridgehead atoms. The minimum atomic E-state index is -0.972. The summed E-state index contributed by atoms with van der Waals surface area (Å²) in [6, 6.07) is 34.7. The fourth-order valence-corrected chi connectivity index (χ4v) is 3.64. The van der Waals surface area contributed by atoms with E-state index in [1.165, 1.54) is 44.5 Å². The van der Waals surface area contributed by atoms with E-state index in [9.17, 15) is 0 Å². The number of benzene rings is 4. The average Bonchev–Trinajstić information content (AvgIpc) is 3.12. The molecule has 5 rings (SSSR count). The number of hydrogen-bond donors (Lipinski definition) is 0. The van der Waals surface area contributed by atoms with Crippen molar-refractivity contribution in [2.75, 3.05) is 0 Å². The van der Waals surface area contributed by atoms with Gasteiger partial charge in [-0.2, -0.15) is 0 Å². The topological polar surface area (TPSA) is 0 Å². The molecule has 0 spiro atoms. The monoisotopic (exact) mass is 567 g/mol. The van der Waals surface area contributed by atoms with Crippen molar-refractivity contribution in [1.29, 1.82) is 0 Å². The molecule has 0 heterocycles. The molecule has 1 radical (unpaired) electrons. The summed E-state index contributed by atoms with van der Waals surface area (Å²) in [6.45, 7) is 0. The normalized spacial score (nSPS) is 11.1. The van der Waals surface area contributed by atoms with Crippen LogP contribution in [-0.2, 0) is 20.5 Å². The molecule has 0 nitrogen and oxygen atoms in total. The Balaban J connectivity index is 0.000000604. The Bertz CT molecular complexity index is 989. The van der Waals surface area contributed by atoms with Gasteiger partial charge < -0.3 is 0 Å². The van der Waals surface area contributed by atoms with Gasteiger partial charge in [0, 0.05) is 6.42 Å². The van der Waals surface area contributed by atoms with Crippen LogP contribution in [0.5, 0.6) is 0 Å². The average molecular weight is 567 g/mol. The van der Waals surface area contributed by atoms with Gasteiger partial charge >= 0.3 is 37.7 Å². The summed E-state index contributed by atoms with van der Waals surface area (Å²) in [5.74, 6) is 0. The molecule has 1 aliphatic rings. The maximum atomic E-state index is 4.96. The van der Waals surface area contributed by atoms with Gasteiger partial charge in [0.15, 0.2) is 0 Å². The second-order valence-electron chi connectivity index (χ2n) is 6.55. The van der Waals surface area contributed by atoms with Crippen LogP contribution in [0.1, 0.15) is 11.1 Å². The Morgan fingerprint density at radius 1 is 0.464 bits per heavy atom. The van der Waals surface area contributed by atoms with E-state index in [-0.39, 0.29) is 0 Å². The van der Waals surface area contributed by atoms with Crippen molar-refractivity contribution in [3.63, 3.8) is 0 Å². The Morgan fingerprint density at radius 2 is 0.857 bits per heavy atom. The fraction of sp³-hybridized carbons (Fsp3) is 0. The van der Waals surface area contributed by atoms with Gasteiger partial charge in [0.25, 0.3) is 0 Å². The van der Waals surface area contributed by atoms with E-state index >= 15 is 0 Å². The molecule has 0 fully saturated rings. The summed E-state index contributed by atoms with van der Waals surface area (Å²) < 4.78 is 0. The summed E-state index contributed by atoms with van der Waals surface area (Å²) >= 11 is -0.972. The van der Waals surface area contributed by atoms with Crippen LogP contribution in [0.4, 0.5) is 0 Å². The van der Waals surface area contributed by atoms with Crippen LogP contribution in [0.2, 0.25) is 0 Å². The van der Waals surface area contributed by atoms with E-state index in [1.54, 1.807) is 0 Å². The molecule has 4 aromatic carbocycles. The zero-order chi connectivity index (χ0) is 19.3. The summed E-state index contributed by atoms with van der Waals surface area (Å²) in [5.41, 5.74) is 10.3. The molecule has 28 heavy (non-hydrogen) atoms.